The second kappa shape index (κ2) is 6.41. The first-order valence-corrected chi connectivity index (χ1v) is 7.51. The van der Waals surface area contributed by atoms with Gasteiger partial charge in [0.05, 0.1) is 5.69 Å². The Morgan fingerprint density at radius 3 is 2.35 bits per heavy atom. The molecule has 2 rings (SSSR count). The summed E-state index contributed by atoms with van der Waals surface area (Å²) in [5, 5.41) is 1.16. The minimum absolute atomic E-state index is 0.171. The van der Waals surface area contributed by atoms with Gasteiger partial charge in [0.1, 0.15) is 5.76 Å². The average Bonchev–Trinajstić information content (AvgIpc) is 2.69. The molecule has 0 N–H and O–H groups in total. The lowest BCUT2D eigenvalue weighted by Gasteiger charge is -2.18. The van der Waals surface area contributed by atoms with Crippen molar-refractivity contribution < 1.29 is 4.42 Å². The first kappa shape index (κ1) is 15.1. The molecule has 0 amide bonds. The lowest BCUT2D eigenvalue weighted by Crippen LogP contribution is -2.24. The molecule has 0 aromatic carbocycles. The first-order chi connectivity index (χ1) is 9.53. The molecule has 20 heavy (non-hydrogen) atoms. The quantitative estimate of drug-likeness (QED) is 0.840. The van der Waals surface area contributed by atoms with Crippen molar-refractivity contribution in [3.63, 3.8) is 0 Å². The predicted molar refractivity (Wildman–Crippen MR) is 78.5 cm³/mol. The number of rotatable bonds is 5. The van der Waals surface area contributed by atoms with Crippen LogP contribution in [0.1, 0.15) is 25.3 Å². The van der Waals surface area contributed by atoms with Crippen molar-refractivity contribution in [1.82, 2.24) is 19.9 Å². The van der Waals surface area contributed by atoms with E-state index < -0.39 is 0 Å². The molecular weight excluding hydrogens is 298 g/mol. The predicted octanol–water partition coefficient (Wildman–Crippen LogP) is 3.13. The van der Waals surface area contributed by atoms with Gasteiger partial charge in [-0.25, -0.2) is 4.98 Å². The maximum atomic E-state index is 5.96. The molecule has 108 valence electrons. The Hall–Kier alpha value is -1.34. The van der Waals surface area contributed by atoms with E-state index in [1.807, 2.05) is 32.6 Å². The van der Waals surface area contributed by atoms with Crippen LogP contribution in [-0.2, 0) is 0 Å². The van der Waals surface area contributed by atoms with Gasteiger partial charge in [0, 0.05) is 24.9 Å². The van der Waals surface area contributed by atoms with Crippen molar-refractivity contribution in [1.29, 1.82) is 0 Å². The number of aromatic nitrogens is 4. The van der Waals surface area contributed by atoms with Gasteiger partial charge in [0.2, 0.25) is 16.4 Å². The maximum Gasteiger partial charge on any atom is 0.264 e. The molecular formula is C12H16ClN5OS. The van der Waals surface area contributed by atoms with Crippen molar-refractivity contribution >= 4 is 29.3 Å². The van der Waals surface area contributed by atoms with Crippen LogP contribution in [0.2, 0.25) is 5.28 Å². The third-order valence-corrected chi connectivity index (χ3v) is 3.69. The summed E-state index contributed by atoms with van der Waals surface area (Å²) in [7, 11) is 0. The van der Waals surface area contributed by atoms with Crippen molar-refractivity contribution in [3.05, 3.63) is 16.7 Å². The zero-order valence-corrected chi connectivity index (χ0v) is 13.4. The van der Waals surface area contributed by atoms with Crippen LogP contribution in [0.4, 0.5) is 5.95 Å². The number of nitrogens with zero attached hydrogens (tertiary/aromatic N) is 5. The SMILES string of the molecule is CCN(CC)c1nc(Cl)nc(Sc2nc(C)c(C)o2)n1. The molecule has 0 aliphatic carbocycles. The summed E-state index contributed by atoms with van der Waals surface area (Å²) in [4.78, 5) is 18.9. The number of halogens is 1. The molecule has 0 saturated carbocycles. The normalized spacial score (nSPS) is 10.8. The van der Waals surface area contributed by atoms with E-state index in [4.69, 9.17) is 16.0 Å². The number of oxazole rings is 1. The molecule has 0 unspecified atom stereocenters. The smallest absolute Gasteiger partial charge is 0.264 e. The number of anilines is 1. The summed E-state index contributed by atoms with van der Waals surface area (Å²) in [6.07, 6.45) is 0. The molecule has 0 aliphatic heterocycles. The molecule has 0 radical (unpaired) electrons. The Morgan fingerprint density at radius 1 is 1.10 bits per heavy atom. The number of aryl methyl sites for hydroxylation is 2. The fraction of sp³-hybridized carbons (Fsp3) is 0.500. The van der Waals surface area contributed by atoms with E-state index in [1.165, 1.54) is 11.8 Å². The Kier molecular flexibility index (Phi) is 4.82. The van der Waals surface area contributed by atoms with E-state index in [9.17, 15) is 0 Å². The number of hydrogen-bond donors (Lipinski definition) is 0. The Bertz CT molecular complexity index is 580. The van der Waals surface area contributed by atoms with Gasteiger partial charge < -0.3 is 9.32 Å². The van der Waals surface area contributed by atoms with Gasteiger partial charge in [0.15, 0.2) is 0 Å². The molecule has 0 fully saturated rings. The van der Waals surface area contributed by atoms with E-state index in [1.54, 1.807) is 0 Å². The van der Waals surface area contributed by atoms with Crippen LogP contribution in [0.3, 0.4) is 0 Å². The summed E-state index contributed by atoms with van der Waals surface area (Å²) >= 11 is 7.20. The largest absolute Gasteiger partial charge is 0.436 e. The summed E-state index contributed by atoms with van der Waals surface area (Å²) in [6, 6.07) is 0. The molecule has 0 bridgehead atoms. The molecule has 0 saturated heterocycles. The van der Waals surface area contributed by atoms with Crippen LogP contribution < -0.4 is 4.90 Å². The highest BCUT2D eigenvalue weighted by molar-refractivity contribution is 7.98. The Morgan fingerprint density at radius 2 is 1.80 bits per heavy atom. The Balaban J connectivity index is 2.27. The molecule has 0 aliphatic rings. The van der Waals surface area contributed by atoms with E-state index in [-0.39, 0.29) is 5.28 Å². The molecule has 2 aromatic heterocycles. The summed E-state index contributed by atoms with van der Waals surface area (Å²) in [6.45, 7) is 9.44. The van der Waals surface area contributed by atoms with Crippen LogP contribution in [0.15, 0.2) is 14.8 Å². The van der Waals surface area contributed by atoms with Gasteiger partial charge in [-0.2, -0.15) is 15.0 Å². The molecule has 2 heterocycles. The molecule has 6 nitrogen and oxygen atoms in total. The van der Waals surface area contributed by atoms with Gasteiger partial charge >= 0.3 is 0 Å². The Labute approximate surface area is 127 Å². The summed E-state index contributed by atoms with van der Waals surface area (Å²) < 4.78 is 5.51. The fourth-order valence-corrected chi connectivity index (χ4v) is 2.55. The third-order valence-electron chi connectivity index (χ3n) is 2.81. The van der Waals surface area contributed by atoms with Gasteiger partial charge in [-0.1, -0.05) is 0 Å². The van der Waals surface area contributed by atoms with E-state index in [2.05, 4.69) is 19.9 Å². The lowest BCUT2D eigenvalue weighted by molar-refractivity contribution is 0.430. The minimum atomic E-state index is 0.171. The lowest BCUT2D eigenvalue weighted by atomic mass is 10.4. The van der Waals surface area contributed by atoms with Crippen LogP contribution >= 0.6 is 23.4 Å². The van der Waals surface area contributed by atoms with Crippen LogP contribution in [0, 0.1) is 13.8 Å². The zero-order chi connectivity index (χ0) is 14.7. The number of hydrogen-bond acceptors (Lipinski definition) is 7. The van der Waals surface area contributed by atoms with Crippen molar-refractivity contribution in [2.75, 3.05) is 18.0 Å². The van der Waals surface area contributed by atoms with E-state index in [0.29, 0.717) is 16.3 Å². The molecule has 0 spiro atoms. The van der Waals surface area contributed by atoms with E-state index in [0.717, 1.165) is 24.5 Å². The van der Waals surface area contributed by atoms with Crippen molar-refractivity contribution in [2.24, 2.45) is 0 Å². The highest BCUT2D eigenvalue weighted by atomic mass is 35.5. The van der Waals surface area contributed by atoms with Crippen molar-refractivity contribution in [3.8, 4) is 0 Å². The monoisotopic (exact) mass is 313 g/mol. The summed E-state index contributed by atoms with van der Waals surface area (Å²) in [5.41, 5.74) is 0.858. The van der Waals surface area contributed by atoms with Gasteiger partial charge in [0.25, 0.3) is 5.22 Å². The standard InChI is InChI=1S/C12H16ClN5OS/c1-5-18(6-2)10-15-9(13)16-11(17-10)20-12-14-7(3)8(4)19-12/h5-6H2,1-4H3. The van der Waals surface area contributed by atoms with Gasteiger partial charge in [-0.15, -0.1) is 0 Å². The van der Waals surface area contributed by atoms with Crippen LogP contribution in [-0.4, -0.2) is 33.0 Å². The molecule has 8 heteroatoms. The molecule has 2 aromatic rings. The second-order valence-corrected chi connectivity index (χ2v) is 5.34. The second-order valence-electron chi connectivity index (χ2n) is 4.08. The maximum absolute atomic E-state index is 5.96. The van der Waals surface area contributed by atoms with Gasteiger partial charge in [-0.3, -0.25) is 0 Å². The topological polar surface area (TPSA) is 67.9 Å². The van der Waals surface area contributed by atoms with Gasteiger partial charge in [-0.05, 0) is 39.3 Å². The van der Waals surface area contributed by atoms with Crippen LogP contribution in [0.25, 0.3) is 0 Å². The average molecular weight is 314 g/mol. The minimum Gasteiger partial charge on any atom is -0.436 e. The van der Waals surface area contributed by atoms with Crippen molar-refractivity contribution in [2.45, 2.75) is 38.1 Å². The van der Waals surface area contributed by atoms with E-state index >= 15 is 0 Å². The summed E-state index contributed by atoms with van der Waals surface area (Å²) in [5.74, 6) is 1.36. The van der Waals surface area contributed by atoms with Crippen LogP contribution in [0.5, 0.6) is 0 Å². The fourth-order valence-electron chi connectivity index (χ4n) is 1.58. The molecule has 0 atom stereocenters. The third kappa shape index (κ3) is 3.40. The zero-order valence-electron chi connectivity index (χ0n) is 11.8. The first-order valence-electron chi connectivity index (χ1n) is 6.31. The highest BCUT2D eigenvalue weighted by Crippen LogP contribution is 2.27. The highest BCUT2D eigenvalue weighted by Gasteiger charge is 2.14.